The van der Waals surface area contributed by atoms with Crippen molar-refractivity contribution in [3.05, 3.63) is 29.3 Å². The fourth-order valence-electron chi connectivity index (χ4n) is 1.68. The Hall–Kier alpha value is -1.75. The van der Waals surface area contributed by atoms with Gasteiger partial charge in [0.25, 0.3) is 5.91 Å². The van der Waals surface area contributed by atoms with Crippen LogP contribution in [0.25, 0.3) is 0 Å². The molecule has 0 fully saturated rings. The number of halogens is 1. The summed E-state index contributed by atoms with van der Waals surface area (Å²) >= 11 is 5.76. The Morgan fingerprint density at radius 3 is 2.19 bits per heavy atom. The molecule has 1 aromatic carbocycles. The van der Waals surface area contributed by atoms with Crippen LogP contribution in [0.1, 0.15) is 27.7 Å². The number of carbonyl (C=O) groups excluding carboxylic acids is 1. The predicted octanol–water partition coefficient (Wildman–Crippen LogP) is 2.72. The molecule has 0 aromatic heterocycles. The normalized spacial score (nSPS) is 14.1. The van der Waals surface area contributed by atoms with Crippen molar-refractivity contribution in [1.29, 1.82) is 0 Å². The second-order valence-corrected chi connectivity index (χ2v) is 6.30. The topological polar surface area (TPSA) is 75.6 Å². The highest BCUT2D eigenvalue weighted by molar-refractivity contribution is 6.30. The van der Waals surface area contributed by atoms with Gasteiger partial charge >= 0.3 is 5.97 Å². The lowest BCUT2D eigenvalue weighted by molar-refractivity contribution is -0.146. The van der Waals surface area contributed by atoms with Gasteiger partial charge < -0.3 is 15.2 Å². The van der Waals surface area contributed by atoms with Crippen LogP contribution in [0.4, 0.5) is 0 Å². The number of hydrogen-bond acceptors (Lipinski definition) is 3. The number of ether oxygens (including phenoxy) is 1. The molecule has 5 nitrogen and oxygen atoms in total. The minimum absolute atomic E-state index is 0.479. The molecule has 0 aliphatic carbocycles. The van der Waals surface area contributed by atoms with Crippen LogP contribution in [0.3, 0.4) is 0 Å². The Kier molecular flexibility index (Phi) is 5.61. The molecule has 2 atom stereocenters. The summed E-state index contributed by atoms with van der Waals surface area (Å²) in [6.07, 6.45) is -0.810. The Morgan fingerprint density at radius 2 is 1.76 bits per heavy atom. The Morgan fingerprint density at radius 1 is 1.24 bits per heavy atom. The molecule has 0 saturated heterocycles. The highest BCUT2D eigenvalue weighted by atomic mass is 35.5. The number of benzene rings is 1. The molecule has 1 rings (SSSR count). The molecule has 6 heteroatoms. The van der Waals surface area contributed by atoms with E-state index in [2.05, 4.69) is 5.32 Å². The fourth-order valence-corrected chi connectivity index (χ4v) is 1.81. The SMILES string of the molecule is CC(Oc1ccc(Cl)cc1)C(=O)NC(C(=O)O)C(C)(C)C. The highest BCUT2D eigenvalue weighted by Gasteiger charge is 2.33. The molecule has 116 valence electrons. The summed E-state index contributed by atoms with van der Waals surface area (Å²) in [5.74, 6) is -1.06. The zero-order valence-electron chi connectivity index (χ0n) is 12.5. The Balaban J connectivity index is 2.69. The van der Waals surface area contributed by atoms with E-state index >= 15 is 0 Å². The van der Waals surface area contributed by atoms with Crippen molar-refractivity contribution < 1.29 is 19.4 Å². The van der Waals surface area contributed by atoms with E-state index in [1.807, 2.05) is 0 Å². The van der Waals surface area contributed by atoms with E-state index in [1.165, 1.54) is 0 Å². The third kappa shape index (κ3) is 5.27. The average Bonchev–Trinajstić information content (AvgIpc) is 2.36. The van der Waals surface area contributed by atoms with Gasteiger partial charge in [-0.15, -0.1) is 0 Å². The van der Waals surface area contributed by atoms with Gasteiger partial charge in [0.2, 0.25) is 0 Å². The van der Waals surface area contributed by atoms with Crippen LogP contribution >= 0.6 is 11.6 Å². The van der Waals surface area contributed by atoms with Crippen LogP contribution in [0.15, 0.2) is 24.3 Å². The second-order valence-electron chi connectivity index (χ2n) is 5.86. The third-order valence-corrected chi connectivity index (χ3v) is 3.15. The molecule has 2 unspecified atom stereocenters. The van der Waals surface area contributed by atoms with E-state index in [0.717, 1.165) is 0 Å². The quantitative estimate of drug-likeness (QED) is 0.876. The number of nitrogens with one attached hydrogen (secondary N) is 1. The van der Waals surface area contributed by atoms with Crippen molar-refractivity contribution in [2.75, 3.05) is 0 Å². The molecule has 0 heterocycles. The molecule has 0 bridgehead atoms. The molecule has 1 aromatic rings. The van der Waals surface area contributed by atoms with Gasteiger partial charge in [0.1, 0.15) is 11.8 Å². The molecule has 21 heavy (non-hydrogen) atoms. The lowest BCUT2D eigenvalue weighted by Gasteiger charge is -2.28. The van der Waals surface area contributed by atoms with Gasteiger partial charge in [0.15, 0.2) is 6.10 Å². The average molecular weight is 314 g/mol. The Labute approximate surface area is 129 Å². The minimum atomic E-state index is -1.07. The van der Waals surface area contributed by atoms with Gasteiger partial charge in [0.05, 0.1) is 0 Å². The number of hydrogen-bond donors (Lipinski definition) is 2. The van der Waals surface area contributed by atoms with E-state index in [4.69, 9.17) is 16.3 Å². The van der Waals surface area contributed by atoms with Crippen LogP contribution in [-0.4, -0.2) is 29.1 Å². The molecule has 1 amide bonds. The van der Waals surface area contributed by atoms with E-state index in [1.54, 1.807) is 52.0 Å². The fraction of sp³-hybridized carbons (Fsp3) is 0.467. The number of rotatable bonds is 5. The smallest absolute Gasteiger partial charge is 0.326 e. The number of carboxylic acids is 1. The molecule has 2 N–H and O–H groups in total. The largest absolute Gasteiger partial charge is 0.481 e. The maximum atomic E-state index is 12.1. The standard InChI is InChI=1S/C15H20ClNO4/c1-9(21-11-7-5-10(16)6-8-11)13(18)17-12(14(19)20)15(2,3)4/h5-9,12H,1-4H3,(H,17,18)(H,19,20). The van der Waals surface area contributed by atoms with Crippen LogP contribution in [0.2, 0.25) is 5.02 Å². The number of carbonyl (C=O) groups is 2. The summed E-state index contributed by atoms with van der Waals surface area (Å²) in [6.45, 7) is 6.80. The molecule has 0 aliphatic rings. The first-order chi connectivity index (χ1) is 9.61. The molecule has 0 spiro atoms. The first kappa shape index (κ1) is 17.3. The summed E-state index contributed by atoms with van der Waals surface area (Å²) in [4.78, 5) is 23.3. The summed E-state index contributed by atoms with van der Waals surface area (Å²) in [5.41, 5.74) is -0.596. The summed E-state index contributed by atoms with van der Waals surface area (Å²) in [5, 5.41) is 12.3. The lowest BCUT2D eigenvalue weighted by atomic mass is 9.86. The van der Waals surface area contributed by atoms with Gasteiger partial charge in [0, 0.05) is 5.02 Å². The van der Waals surface area contributed by atoms with E-state index in [9.17, 15) is 14.7 Å². The van der Waals surface area contributed by atoms with Crippen molar-refractivity contribution in [3.8, 4) is 5.75 Å². The zero-order chi connectivity index (χ0) is 16.2. The maximum Gasteiger partial charge on any atom is 0.326 e. The monoisotopic (exact) mass is 313 g/mol. The van der Waals surface area contributed by atoms with Crippen molar-refractivity contribution in [2.45, 2.75) is 39.8 Å². The lowest BCUT2D eigenvalue weighted by Crippen LogP contribution is -2.52. The summed E-state index contributed by atoms with van der Waals surface area (Å²) < 4.78 is 5.46. The first-order valence-corrected chi connectivity index (χ1v) is 6.94. The summed E-state index contributed by atoms with van der Waals surface area (Å²) in [7, 11) is 0. The van der Waals surface area contributed by atoms with Crippen molar-refractivity contribution in [2.24, 2.45) is 5.41 Å². The summed E-state index contributed by atoms with van der Waals surface area (Å²) in [6, 6.07) is 5.60. The molecule has 0 saturated carbocycles. The number of carboxylic acid groups (broad SMARTS) is 1. The molecular formula is C15H20ClNO4. The van der Waals surface area contributed by atoms with Gasteiger partial charge in [-0.25, -0.2) is 4.79 Å². The minimum Gasteiger partial charge on any atom is -0.481 e. The van der Waals surface area contributed by atoms with E-state index < -0.39 is 29.4 Å². The maximum absolute atomic E-state index is 12.1. The van der Waals surface area contributed by atoms with Crippen LogP contribution in [-0.2, 0) is 9.59 Å². The van der Waals surface area contributed by atoms with Gasteiger partial charge in [-0.2, -0.15) is 0 Å². The van der Waals surface area contributed by atoms with Crippen molar-refractivity contribution in [3.63, 3.8) is 0 Å². The zero-order valence-corrected chi connectivity index (χ0v) is 13.3. The number of amides is 1. The van der Waals surface area contributed by atoms with Crippen molar-refractivity contribution >= 4 is 23.5 Å². The number of aliphatic carboxylic acids is 1. The van der Waals surface area contributed by atoms with Gasteiger partial charge in [-0.1, -0.05) is 32.4 Å². The molecule has 0 aliphatic heterocycles. The second kappa shape index (κ2) is 6.80. The van der Waals surface area contributed by atoms with Gasteiger partial charge in [-0.05, 0) is 36.6 Å². The molecule has 0 radical (unpaired) electrons. The van der Waals surface area contributed by atoms with Crippen LogP contribution < -0.4 is 10.1 Å². The third-order valence-electron chi connectivity index (χ3n) is 2.90. The first-order valence-electron chi connectivity index (χ1n) is 6.56. The van der Waals surface area contributed by atoms with Gasteiger partial charge in [-0.3, -0.25) is 4.79 Å². The van der Waals surface area contributed by atoms with E-state index in [-0.39, 0.29) is 0 Å². The predicted molar refractivity (Wildman–Crippen MR) is 80.6 cm³/mol. The Bertz CT molecular complexity index is 507. The van der Waals surface area contributed by atoms with Crippen LogP contribution in [0, 0.1) is 5.41 Å². The highest BCUT2D eigenvalue weighted by Crippen LogP contribution is 2.20. The van der Waals surface area contributed by atoms with Crippen LogP contribution in [0.5, 0.6) is 5.75 Å². The van der Waals surface area contributed by atoms with Crippen molar-refractivity contribution in [1.82, 2.24) is 5.32 Å². The molecular weight excluding hydrogens is 294 g/mol. The van der Waals surface area contributed by atoms with E-state index in [0.29, 0.717) is 10.8 Å².